The monoisotopic (exact) mass is 393 g/mol. The zero-order valence-corrected chi connectivity index (χ0v) is 14.9. The maximum atomic E-state index is 13.0. The summed E-state index contributed by atoms with van der Waals surface area (Å²) in [5.41, 5.74) is 0.897. The number of nitrogens with zero attached hydrogens (tertiary/aromatic N) is 3. The quantitative estimate of drug-likeness (QED) is 0.623. The fraction of sp³-hybridized carbons (Fsp3) is 0.167. The predicted molar refractivity (Wildman–Crippen MR) is 98.1 cm³/mol. The minimum absolute atomic E-state index is 0.180. The Kier molecular flexibility index (Phi) is 5.46. The topological polar surface area (TPSA) is 62.7 Å². The van der Waals surface area contributed by atoms with Gasteiger partial charge in [0.2, 0.25) is 5.95 Å². The maximum Gasteiger partial charge on any atom is 0.417 e. The summed E-state index contributed by atoms with van der Waals surface area (Å²) in [5.74, 6) is 0.720. The lowest BCUT2D eigenvalue weighted by Crippen LogP contribution is -2.08. The Bertz CT molecular complexity index is 932. The summed E-state index contributed by atoms with van der Waals surface area (Å²) in [6.45, 7) is 2.27. The molecule has 0 amide bonds. The molecule has 0 unspecified atom stereocenters. The van der Waals surface area contributed by atoms with Crippen molar-refractivity contribution < 1.29 is 13.2 Å². The average Bonchev–Trinajstić information content (AvgIpc) is 2.61. The van der Waals surface area contributed by atoms with E-state index in [0.717, 1.165) is 11.6 Å². The van der Waals surface area contributed by atoms with Crippen LogP contribution in [-0.2, 0) is 12.7 Å². The number of aromatic nitrogens is 3. The molecule has 0 saturated carbocycles. The highest BCUT2D eigenvalue weighted by Crippen LogP contribution is 2.36. The molecule has 5 nitrogen and oxygen atoms in total. The molecule has 3 rings (SSSR count). The molecule has 2 heterocycles. The summed E-state index contributed by atoms with van der Waals surface area (Å²) in [4.78, 5) is 12.5. The van der Waals surface area contributed by atoms with Crippen LogP contribution < -0.4 is 10.6 Å². The van der Waals surface area contributed by atoms with Crippen molar-refractivity contribution in [1.82, 2.24) is 15.0 Å². The van der Waals surface area contributed by atoms with Crippen LogP contribution in [0.3, 0.4) is 0 Å². The second-order valence-corrected chi connectivity index (χ2v) is 6.16. The second-order valence-electron chi connectivity index (χ2n) is 5.75. The highest BCUT2D eigenvalue weighted by atomic mass is 35.5. The molecular formula is C18H15ClF3N5. The van der Waals surface area contributed by atoms with E-state index >= 15 is 0 Å². The summed E-state index contributed by atoms with van der Waals surface area (Å²) in [6, 6.07) is 9.03. The largest absolute Gasteiger partial charge is 0.417 e. The highest BCUT2D eigenvalue weighted by molar-refractivity contribution is 6.31. The van der Waals surface area contributed by atoms with Crippen molar-refractivity contribution >= 4 is 29.1 Å². The first-order chi connectivity index (χ1) is 12.8. The van der Waals surface area contributed by atoms with Gasteiger partial charge in [0.15, 0.2) is 0 Å². The zero-order valence-electron chi connectivity index (χ0n) is 14.2. The van der Waals surface area contributed by atoms with Gasteiger partial charge in [0.05, 0.1) is 10.6 Å². The number of nitrogens with one attached hydrogen (secondary N) is 2. The number of pyridine rings is 1. The lowest BCUT2D eigenvalue weighted by Gasteiger charge is -2.13. The molecule has 0 radical (unpaired) electrons. The predicted octanol–water partition coefficient (Wildman–Crippen LogP) is 5.21. The molecule has 0 saturated heterocycles. The van der Waals surface area contributed by atoms with Gasteiger partial charge in [-0.25, -0.2) is 4.98 Å². The first-order valence-corrected chi connectivity index (χ1v) is 8.31. The maximum absolute atomic E-state index is 13.0. The Hall–Kier alpha value is -2.87. The number of halogens is 4. The first-order valence-electron chi connectivity index (χ1n) is 7.93. The molecule has 9 heteroatoms. The molecule has 0 atom stereocenters. The molecule has 0 spiro atoms. The summed E-state index contributed by atoms with van der Waals surface area (Å²) >= 11 is 5.64. The molecule has 2 aromatic heterocycles. The van der Waals surface area contributed by atoms with Crippen LogP contribution in [0.25, 0.3) is 0 Å². The number of alkyl halides is 3. The Morgan fingerprint density at radius 1 is 1.11 bits per heavy atom. The van der Waals surface area contributed by atoms with Gasteiger partial charge in [0.1, 0.15) is 5.82 Å². The van der Waals surface area contributed by atoms with E-state index in [9.17, 15) is 13.2 Å². The van der Waals surface area contributed by atoms with Gasteiger partial charge >= 0.3 is 6.18 Å². The van der Waals surface area contributed by atoms with Crippen LogP contribution >= 0.6 is 11.6 Å². The highest BCUT2D eigenvalue weighted by Gasteiger charge is 2.33. The van der Waals surface area contributed by atoms with Crippen molar-refractivity contribution in [1.29, 1.82) is 0 Å². The van der Waals surface area contributed by atoms with Gasteiger partial charge in [-0.2, -0.15) is 18.2 Å². The van der Waals surface area contributed by atoms with Gasteiger partial charge in [0.25, 0.3) is 0 Å². The summed E-state index contributed by atoms with van der Waals surface area (Å²) < 4.78 is 39.0. The van der Waals surface area contributed by atoms with Crippen LogP contribution in [-0.4, -0.2) is 15.0 Å². The first kappa shape index (κ1) is 18.9. The number of hydrogen-bond donors (Lipinski definition) is 2. The SMILES string of the molecule is Cc1cc(NCc2cccnc2)nc(Nc2ccc(Cl)c(C(F)(F)F)c2)n1. The van der Waals surface area contributed by atoms with E-state index in [1.807, 2.05) is 12.1 Å². The van der Waals surface area contributed by atoms with Crippen LogP contribution in [0.1, 0.15) is 16.8 Å². The molecule has 0 aliphatic carbocycles. The van der Waals surface area contributed by atoms with Crippen molar-refractivity contribution in [3.05, 3.63) is 70.6 Å². The van der Waals surface area contributed by atoms with Crippen LogP contribution in [0.4, 0.5) is 30.6 Å². The van der Waals surface area contributed by atoms with E-state index in [4.69, 9.17) is 11.6 Å². The van der Waals surface area contributed by atoms with Crippen LogP contribution in [0, 0.1) is 6.92 Å². The van der Waals surface area contributed by atoms with E-state index in [2.05, 4.69) is 25.6 Å². The van der Waals surface area contributed by atoms with Gasteiger partial charge in [-0.05, 0) is 36.8 Å². The van der Waals surface area contributed by atoms with Crippen LogP contribution in [0.5, 0.6) is 0 Å². The Morgan fingerprint density at radius 2 is 1.93 bits per heavy atom. The number of aryl methyl sites for hydroxylation is 1. The van der Waals surface area contributed by atoms with Crippen LogP contribution in [0.2, 0.25) is 5.02 Å². The molecule has 0 aliphatic heterocycles. The van der Waals surface area contributed by atoms with Gasteiger partial charge in [-0.3, -0.25) is 4.98 Å². The van der Waals surface area contributed by atoms with Gasteiger partial charge in [-0.1, -0.05) is 17.7 Å². The molecule has 140 valence electrons. The fourth-order valence-corrected chi connectivity index (χ4v) is 2.58. The van der Waals surface area contributed by atoms with Gasteiger partial charge < -0.3 is 10.6 Å². The molecule has 0 fully saturated rings. The van der Waals surface area contributed by atoms with E-state index in [1.54, 1.807) is 25.4 Å². The van der Waals surface area contributed by atoms with Crippen molar-refractivity contribution in [3.63, 3.8) is 0 Å². The minimum Gasteiger partial charge on any atom is -0.366 e. The van der Waals surface area contributed by atoms with E-state index in [-0.39, 0.29) is 16.7 Å². The third-order valence-electron chi connectivity index (χ3n) is 3.58. The van der Waals surface area contributed by atoms with E-state index in [1.165, 1.54) is 12.1 Å². The lowest BCUT2D eigenvalue weighted by atomic mass is 10.2. The molecular weight excluding hydrogens is 379 g/mol. The summed E-state index contributed by atoms with van der Waals surface area (Å²) in [6.07, 6.45) is -1.13. The average molecular weight is 394 g/mol. The van der Waals surface area contributed by atoms with Crippen molar-refractivity contribution in [3.8, 4) is 0 Å². The molecule has 27 heavy (non-hydrogen) atoms. The zero-order chi connectivity index (χ0) is 19.4. The second kappa shape index (κ2) is 7.79. The van der Waals surface area contributed by atoms with E-state index < -0.39 is 11.7 Å². The Labute approximate surface area is 158 Å². The van der Waals surface area contributed by atoms with Gasteiger partial charge in [0, 0.05) is 36.4 Å². The molecule has 3 aromatic rings. The summed E-state index contributed by atoms with van der Waals surface area (Å²) in [7, 11) is 0. The number of rotatable bonds is 5. The lowest BCUT2D eigenvalue weighted by molar-refractivity contribution is -0.137. The van der Waals surface area contributed by atoms with Crippen molar-refractivity contribution in [2.75, 3.05) is 10.6 Å². The standard InChI is InChI=1S/C18H15ClF3N5/c1-11-7-16(24-10-12-3-2-6-23-9-12)27-17(25-11)26-13-4-5-15(19)14(8-13)18(20,21)22/h2-9H,10H2,1H3,(H2,24,25,26,27). The van der Waals surface area contributed by atoms with Crippen molar-refractivity contribution in [2.45, 2.75) is 19.6 Å². The summed E-state index contributed by atoms with van der Waals surface area (Å²) in [5, 5.41) is 5.57. The number of anilines is 3. The fourth-order valence-electron chi connectivity index (χ4n) is 2.36. The number of benzene rings is 1. The molecule has 0 bridgehead atoms. The number of hydrogen-bond acceptors (Lipinski definition) is 5. The van der Waals surface area contributed by atoms with Crippen molar-refractivity contribution in [2.24, 2.45) is 0 Å². The smallest absolute Gasteiger partial charge is 0.366 e. The molecule has 0 aliphatic rings. The normalized spacial score (nSPS) is 11.3. The van der Waals surface area contributed by atoms with E-state index in [0.29, 0.717) is 18.1 Å². The minimum atomic E-state index is -4.54. The van der Waals surface area contributed by atoms with Gasteiger partial charge in [-0.15, -0.1) is 0 Å². The molecule has 1 aromatic carbocycles. The van der Waals surface area contributed by atoms with Crippen LogP contribution in [0.15, 0.2) is 48.8 Å². The Balaban J connectivity index is 1.78. The Morgan fingerprint density at radius 3 is 2.63 bits per heavy atom. The third-order valence-corrected chi connectivity index (χ3v) is 3.91. The third kappa shape index (κ3) is 5.07. The molecule has 2 N–H and O–H groups in total.